The first-order valence-electron chi connectivity index (χ1n) is 11.4. The average Bonchev–Trinajstić information content (AvgIpc) is 3.05. The highest BCUT2D eigenvalue weighted by Crippen LogP contribution is 2.31. The van der Waals surface area contributed by atoms with Crippen LogP contribution in [-0.2, 0) is 20.9 Å². The van der Waals surface area contributed by atoms with Gasteiger partial charge in [-0.3, -0.25) is 14.5 Å². The van der Waals surface area contributed by atoms with Crippen LogP contribution in [0.4, 0.5) is 25.0 Å². The van der Waals surface area contributed by atoms with Crippen molar-refractivity contribution in [2.45, 2.75) is 19.6 Å². The number of anilines is 2. The van der Waals surface area contributed by atoms with Crippen LogP contribution in [0, 0.1) is 11.6 Å². The monoisotopic (exact) mass is 504 g/mol. The highest BCUT2D eigenvalue weighted by molar-refractivity contribution is 5.90. The zero-order valence-corrected chi connectivity index (χ0v) is 19.6. The lowest BCUT2D eigenvalue weighted by Crippen LogP contribution is -2.33. The zero-order chi connectivity index (χ0) is 25.8. The summed E-state index contributed by atoms with van der Waals surface area (Å²) in [7, 11) is 0. The predicted molar refractivity (Wildman–Crippen MR) is 125 cm³/mol. The van der Waals surface area contributed by atoms with Gasteiger partial charge in [0.15, 0.2) is 11.6 Å². The molecule has 192 valence electrons. The van der Waals surface area contributed by atoms with E-state index in [4.69, 9.17) is 14.7 Å². The summed E-state index contributed by atoms with van der Waals surface area (Å²) in [5.74, 6) is -2.92. The lowest BCUT2D eigenvalue weighted by molar-refractivity contribution is -0.154. The molecular formula is C24H26F2N4O6. The second kappa shape index (κ2) is 10.9. The van der Waals surface area contributed by atoms with Crippen LogP contribution >= 0.6 is 0 Å². The van der Waals surface area contributed by atoms with Crippen molar-refractivity contribution in [3.05, 3.63) is 59.2 Å². The van der Waals surface area contributed by atoms with Gasteiger partial charge in [0.2, 0.25) is 5.91 Å². The number of hydrogen-bond donors (Lipinski definition) is 2. The van der Waals surface area contributed by atoms with Crippen molar-refractivity contribution in [2.75, 3.05) is 49.1 Å². The van der Waals surface area contributed by atoms with Gasteiger partial charge in [0.25, 0.3) is 0 Å². The Hall–Kier alpha value is -3.77. The van der Waals surface area contributed by atoms with Gasteiger partial charge in [-0.25, -0.2) is 18.4 Å². The number of benzene rings is 2. The molecule has 4 rings (SSSR count). The number of aromatic carboxylic acids is 1. The molecule has 2 aromatic carbocycles. The van der Waals surface area contributed by atoms with Crippen LogP contribution in [0.3, 0.4) is 0 Å². The first-order valence-corrected chi connectivity index (χ1v) is 11.4. The Balaban J connectivity index is 1.40. The van der Waals surface area contributed by atoms with E-state index in [1.54, 1.807) is 22.1 Å². The molecule has 1 atom stereocenters. The van der Waals surface area contributed by atoms with E-state index in [0.717, 1.165) is 22.6 Å². The molecule has 2 saturated heterocycles. The van der Waals surface area contributed by atoms with Gasteiger partial charge in [-0.15, -0.1) is 0 Å². The molecule has 2 fully saturated rings. The van der Waals surface area contributed by atoms with Gasteiger partial charge in [-0.2, -0.15) is 5.06 Å². The summed E-state index contributed by atoms with van der Waals surface area (Å²) >= 11 is 0. The van der Waals surface area contributed by atoms with Crippen molar-refractivity contribution in [1.82, 2.24) is 10.4 Å². The van der Waals surface area contributed by atoms with Crippen molar-refractivity contribution in [3.8, 4) is 0 Å². The van der Waals surface area contributed by atoms with Crippen molar-refractivity contribution in [2.24, 2.45) is 0 Å². The summed E-state index contributed by atoms with van der Waals surface area (Å²) in [6.45, 7) is 2.95. The zero-order valence-electron chi connectivity index (χ0n) is 19.6. The molecule has 2 amide bonds. The number of ether oxygens (including phenoxy) is 1. The quantitative estimate of drug-likeness (QED) is 0.591. The van der Waals surface area contributed by atoms with E-state index in [0.29, 0.717) is 13.1 Å². The second-order valence-corrected chi connectivity index (χ2v) is 8.50. The van der Waals surface area contributed by atoms with E-state index in [1.807, 2.05) is 0 Å². The van der Waals surface area contributed by atoms with Crippen LogP contribution in [-0.4, -0.2) is 73.6 Å². The third-order valence-corrected chi connectivity index (χ3v) is 5.90. The fourth-order valence-electron chi connectivity index (χ4n) is 4.10. The van der Waals surface area contributed by atoms with Crippen LogP contribution < -0.4 is 15.1 Å². The summed E-state index contributed by atoms with van der Waals surface area (Å²) < 4.78 is 35.3. The largest absolute Gasteiger partial charge is 0.478 e. The number of rotatable bonds is 7. The minimum absolute atomic E-state index is 0.0292. The minimum atomic E-state index is -1.01. The number of hydroxylamine groups is 2. The summed E-state index contributed by atoms with van der Waals surface area (Å²) in [6, 6.07) is 8.58. The third-order valence-electron chi connectivity index (χ3n) is 5.90. The summed E-state index contributed by atoms with van der Waals surface area (Å²) in [5.41, 5.74) is 0.838. The molecule has 36 heavy (non-hydrogen) atoms. The predicted octanol–water partition coefficient (Wildman–Crippen LogP) is 2.38. The van der Waals surface area contributed by atoms with Crippen LogP contribution in [0.15, 0.2) is 36.4 Å². The molecule has 10 nitrogen and oxygen atoms in total. The Morgan fingerprint density at radius 1 is 1.11 bits per heavy atom. The van der Waals surface area contributed by atoms with Crippen LogP contribution in [0.2, 0.25) is 0 Å². The topological polar surface area (TPSA) is 112 Å². The molecule has 12 heteroatoms. The Morgan fingerprint density at radius 2 is 1.81 bits per heavy atom. The van der Waals surface area contributed by atoms with Gasteiger partial charge in [-0.1, -0.05) is 12.1 Å². The summed E-state index contributed by atoms with van der Waals surface area (Å²) in [6.07, 6.45) is -1.37. The number of hydrogen-bond acceptors (Lipinski definition) is 7. The Bertz CT molecular complexity index is 1120. The molecule has 0 aromatic heterocycles. The molecule has 0 unspecified atom stereocenters. The number of halogens is 2. The normalized spacial score (nSPS) is 18.6. The molecule has 2 heterocycles. The Kier molecular flexibility index (Phi) is 7.65. The maximum absolute atomic E-state index is 15.1. The third kappa shape index (κ3) is 5.89. The maximum atomic E-state index is 15.1. The Labute approximate surface area is 205 Å². The number of amides is 2. The molecule has 2 N–H and O–H groups in total. The van der Waals surface area contributed by atoms with Gasteiger partial charge in [-0.05, 0) is 17.7 Å². The lowest BCUT2D eigenvalue weighted by Gasteiger charge is -2.24. The molecule has 0 aliphatic carbocycles. The molecule has 2 aliphatic rings. The van der Waals surface area contributed by atoms with Gasteiger partial charge >= 0.3 is 12.1 Å². The van der Waals surface area contributed by atoms with Gasteiger partial charge < -0.3 is 20.1 Å². The number of nitrogens with zero attached hydrogens (tertiary/aromatic N) is 3. The Morgan fingerprint density at radius 3 is 2.44 bits per heavy atom. The molecule has 2 aliphatic heterocycles. The van der Waals surface area contributed by atoms with Gasteiger partial charge in [0.05, 0.1) is 30.9 Å². The standard InChI is InChI=1S/C24H26F2N4O6/c1-15(31)27-12-19-14-30(24(34)36-19)18-10-20(25)22(21(26)11-18)28-6-7-29(35-9-8-28)13-16-2-4-17(5-3-16)23(32)33/h2-5,10-11,19H,6-9,12-14H2,1H3,(H,27,31)(H,32,33)/t19-/m0/s1. The van der Waals surface area contributed by atoms with E-state index >= 15 is 8.78 Å². The van der Waals surface area contributed by atoms with Crippen molar-refractivity contribution in [3.63, 3.8) is 0 Å². The van der Waals surface area contributed by atoms with Crippen molar-refractivity contribution < 1.29 is 37.8 Å². The number of cyclic esters (lactones) is 1. The molecular weight excluding hydrogens is 478 g/mol. The maximum Gasteiger partial charge on any atom is 0.414 e. The van der Waals surface area contributed by atoms with E-state index in [9.17, 15) is 14.4 Å². The number of carbonyl (C=O) groups excluding carboxylic acids is 2. The number of nitrogens with one attached hydrogen (secondary N) is 1. The highest BCUT2D eigenvalue weighted by atomic mass is 19.1. The van der Waals surface area contributed by atoms with Crippen molar-refractivity contribution in [1.29, 1.82) is 0 Å². The molecule has 0 bridgehead atoms. The lowest BCUT2D eigenvalue weighted by atomic mass is 10.1. The first-order chi connectivity index (χ1) is 17.2. The van der Waals surface area contributed by atoms with Gasteiger partial charge in [0.1, 0.15) is 11.8 Å². The van der Waals surface area contributed by atoms with E-state index < -0.39 is 29.8 Å². The highest BCUT2D eigenvalue weighted by Gasteiger charge is 2.34. The molecule has 0 radical (unpaired) electrons. The van der Waals surface area contributed by atoms with Crippen LogP contribution in [0.1, 0.15) is 22.8 Å². The van der Waals surface area contributed by atoms with Crippen LogP contribution in [0.5, 0.6) is 0 Å². The summed E-state index contributed by atoms with van der Waals surface area (Å²) in [5, 5.41) is 13.2. The molecule has 0 spiro atoms. The molecule has 0 saturated carbocycles. The average molecular weight is 504 g/mol. The van der Waals surface area contributed by atoms with E-state index in [1.165, 1.54) is 19.1 Å². The fraction of sp³-hybridized carbons (Fsp3) is 0.375. The van der Waals surface area contributed by atoms with Gasteiger partial charge in [0, 0.05) is 45.2 Å². The minimum Gasteiger partial charge on any atom is -0.478 e. The van der Waals surface area contributed by atoms with Crippen molar-refractivity contribution >= 4 is 29.3 Å². The summed E-state index contributed by atoms with van der Waals surface area (Å²) in [4.78, 5) is 42.7. The first kappa shape index (κ1) is 25.3. The number of carbonyl (C=O) groups is 3. The number of carboxylic acid groups (broad SMARTS) is 1. The van der Waals surface area contributed by atoms with E-state index in [2.05, 4.69) is 5.32 Å². The van der Waals surface area contributed by atoms with E-state index in [-0.39, 0.29) is 55.6 Å². The van der Waals surface area contributed by atoms with Crippen LogP contribution in [0.25, 0.3) is 0 Å². The smallest absolute Gasteiger partial charge is 0.414 e. The SMILES string of the molecule is CC(=O)NC[C@H]1CN(c2cc(F)c(N3CCON(Cc4ccc(C(=O)O)cc4)CC3)c(F)c2)C(=O)O1. The second-order valence-electron chi connectivity index (χ2n) is 8.50. The number of carboxylic acids is 1. The fourth-order valence-corrected chi connectivity index (χ4v) is 4.10. The molecule has 2 aromatic rings.